The van der Waals surface area contributed by atoms with Gasteiger partial charge in [0.1, 0.15) is 5.82 Å². The molecule has 2 rings (SSSR count). The molecule has 1 aromatic heterocycles. The molecule has 0 unspecified atom stereocenters. The molecule has 1 aromatic carbocycles. The molecular formula is C14H14IN3O. The van der Waals surface area contributed by atoms with Crippen LogP contribution in [0.3, 0.4) is 0 Å². The van der Waals surface area contributed by atoms with Crippen molar-refractivity contribution < 1.29 is 4.79 Å². The third-order valence-electron chi connectivity index (χ3n) is 2.54. The van der Waals surface area contributed by atoms with E-state index in [-0.39, 0.29) is 5.91 Å². The molecule has 1 heterocycles. The van der Waals surface area contributed by atoms with Crippen LogP contribution in [0.2, 0.25) is 0 Å². The molecule has 98 valence electrons. The fourth-order valence-corrected chi connectivity index (χ4v) is 2.24. The highest BCUT2D eigenvalue weighted by Gasteiger charge is 2.13. The van der Waals surface area contributed by atoms with Gasteiger partial charge in [-0.05, 0) is 52.9 Å². The Morgan fingerprint density at radius 1 is 1.26 bits per heavy atom. The van der Waals surface area contributed by atoms with Crippen LogP contribution in [0, 0.1) is 3.57 Å². The summed E-state index contributed by atoms with van der Waals surface area (Å²) in [4.78, 5) is 18.3. The van der Waals surface area contributed by atoms with Gasteiger partial charge in [-0.2, -0.15) is 0 Å². The number of amides is 1. The first kappa shape index (κ1) is 13.8. The van der Waals surface area contributed by atoms with Crippen molar-refractivity contribution in [1.29, 1.82) is 0 Å². The van der Waals surface area contributed by atoms with E-state index in [1.807, 2.05) is 43.3 Å². The summed E-state index contributed by atoms with van der Waals surface area (Å²) < 4.78 is 1.08. The molecule has 0 bridgehead atoms. The summed E-state index contributed by atoms with van der Waals surface area (Å²) in [5, 5.41) is 2.88. The predicted molar refractivity (Wildman–Crippen MR) is 85.7 cm³/mol. The first-order valence-corrected chi connectivity index (χ1v) is 6.85. The predicted octanol–water partition coefficient (Wildman–Crippen LogP) is 3.00. The van der Waals surface area contributed by atoms with Crippen molar-refractivity contribution in [2.45, 2.75) is 0 Å². The lowest BCUT2D eigenvalue weighted by Gasteiger charge is -2.15. The lowest BCUT2D eigenvalue weighted by atomic mass is 10.2. The van der Waals surface area contributed by atoms with E-state index in [1.54, 1.807) is 18.3 Å². The van der Waals surface area contributed by atoms with Crippen LogP contribution in [0.15, 0.2) is 42.6 Å². The van der Waals surface area contributed by atoms with Gasteiger partial charge < -0.3 is 10.2 Å². The Labute approximate surface area is 126 Å². The second kappa shape index (κ2) is 6.01. The standard InChI is InChI=1S/C14H14IN3O/c1-18(2)13-12(7-4-8-16-13)14(19)17-11-6-3-5-10(15)9-11/h3-9H,1-2H3,(H,17,19). The molecule has 0 fully saturated rings. The zero-order valence-corrected chi connectivity index (χ0v) is 12.9. The van der Waals surface area contributed by atoms with Crippen LogP contribution in [-0.2, 0) is 0 Å². The summed E-state index contributed by atoms with van der Waals surface area (Å²) in [5.41, 5.74) is 1.34. The van der Waals surface area contributed by atoms with Gasteiger partial charge in [-0.25, -0.2) is 4.98 Å². The smallest absolute Gasteiger partial charge is 0.259 e. The van der Waals surface area contributed by atoms with Gasteiger partial charge in [0.25, 0.3) is 5.91 Å². The highest BCUT2D eigenvalue weighted by atomic mass is 127. The lowest BCUT2D eigenvalue weighted by molar-refractivity contribution is 0.102. The maximum atomic E-state index is 12.3. The molecule has 19 heavy (non-hydrogen) atoms. The number of pyridine rings is 1. The first-order valence-electron chi connectivity index (χ1n) is 5.77. The Balaban J connectivity index is 2.25. The molecule has 0 saturated heterocycles. The number of benzene rings is 1. The molecular weight excluding hydrogens is 353 g/mol. The molecule has 0 aliphatic carbocycles. The maximum Gasteiger partial charge on any atom is 0.259 e. The van der Waals surface area contributed by atoms with Crippen molar-refractivity contribution in [2.24, 2.45) is 0 Å². The van der Waals surface area contributed by atoms with Gasteiger partial charge in [0, 0.05) is 29.5 Å². The van der Waals surface area contributed by atoms with Gasteiger partial charge in [-0.1, -0.05) is 6.07 Å². The summed E-state index contributed by atoms with van der Waals surface area (Å²) in [7, 11) is 3.73. The number of carbonyl (C=O) groups is 1. The zero-order valence-electron chi connectivity index (χ0n) is 10.7. The van der Waals surface area contributed by atoms with E-state index in [0.717, 1.165) is 9.26 Å². The number of carbonyl (C=O) groups excluding carboxylic acids is 1. The molecule has 5 heteroatoms. The monoisotopic (exact) mass is 367 g/mol. The number of halogens is 1. The highest BCUT2D eigenvalue weighted by molar-refractivity contribution is 14.1. The van der Waals surface area contributed by atoms with Crippen molar-refractivity contribution in [3.63, 3.8) is 0 Å². The minimum Gasteiger partial charge on any atom is -0.362 e. The molecule has 0 atom stereocenters. The van der Waals surface area contributed by atoms with E-state index in [4.69, 9.17) is 0 Å². The number of aromatic nitrogens is 1. The van der Waals surface area contributed by atoms with Gasteiger partial charge in [0.05, 0.1) is 5.56 Å². The van der Waals surface area contributed by atoms with Crippen LogP contribution in [0.5, 0.6) is 0 Å². The fraction of sp³-hybridized carbons (Fsp3) is 0.143. The fourth-order valence-electron chi connectivity index (χ4n) is 1.70. The van der Waals surface area contributed by atoms with Crippen LogP contribution in [0.25, 0.3) is 0 Å². The Kier molecular flexibility index (Phi) is 4.36. The van der Waals surface area contributed by atoms with E-state index in [1.165, 1.54) is 0 Å². The number of nitrogens with one attached hydrogen (secondary N) is 1. The van der Waals surface area contributed by atoms with Crippen LogP contribution < -0.4 is 10.2 Å². The molecule has 1 amide bonds. The topological polar surface area (TPSA) is 45.2 Å². The number of rotatable bonds is 3. The second-order valence-electron chi connectivity index (χ2n) is 4.23. The van der Waals surface area contributed by atoms with Crippen LogP contribution in [0.1, 0.15) is 10.4 Å². The third kappa shape index (κ3) is 3.44. The van der Waals surface area contributed by atoms with E-state index in [0.29, 0.717) is 11.4 Å². The van der Waals surface area contributed by atoms with Crippen molar-refractivity contribution >= 4 is 40.0 Å². The SMILES string of the molecule is CN(C)c1ncccc1C(=O)Nc1cccc(I)c1. The van der Waals surface area contributed by atoms with Gasteiger partial charge >= 0.3 is 0 Å². The molecule has 0 radical (unpaired) electrons. The number of anilines is 2. The van der Waals surface area contributed by atoms with Gasteiger partial charge in [0.15, 0.2) is 0 Å². The Bertz CT molecular complexity index is 599. The van der Waals surface area contributed by atoms with Crippen LogP contribution in [-0.4, -0.2) is 25.0 Å². The Morgan fingerprint density at radius 3 is 2.74 bits per heavy atom. The third-order valence-corrected chi connectivity index (χ3v) is 3.21. The molecule has 4 nitrogen and oxygen atoms in total. The van der Waals surface area contributed by atoms with E-state index in [2.05, 4.69) is 32.9 Å². The largest absolute Gasteiger partial charge is 0.362 e. The summed E-state index contributed by atoms with van der Waals surface area (Å²) in [6.07, 6.45) is 1.68. The highest BCUT2D eigenvalue weighted by Crippen LogP contribution is 2.18. The number of nitrogens with zero attached hydrogens (tertiary/aromatic N) is 2. The molecule has 0 spiro atoms. The van der Waals surface area contributed by atoms with E-state index >= 15 is 0 Å². The zero-order chi connectivity index (χ0) is 13.8. The maximum absolute atomic E-state index is 12.3. The van der Waals surface area contributed by atoms with Gasteiger partial charge in [-0.15, -0.1) is 0 Å². The minimum atomic E-state index is -0.154. The average molecular weight is 367 g/mol. The van der Waals surface area contributed by atoms with Crippen molar-refractivity contribution in [2.75, 3.05) is 24.3 Å². The normalized spacial score (nSPS) is 10.1. The molecule has 0 aliphatic rings. The molecule has 0 saturated carbocycles. The van der Waals surface area contributed by atoms with E-state index in [9.17, 15) is 4.79 Å². The Morgan fingerprint density at radius 2 is 2.05 bits per heavy atom. The van der Waals surface area contributed by atoms with E-state index < -0.39 is 0 Å². The minimum absolute atomic E-state index is 0.154. The van der Waals surface area contributed by atoms with Crippen molar-refractivity contribution in [1.82, 2.24) is 4.98 Å². The number of hydrogen-bond acceptors (Lipinski definition) is 3. The second-order valence-corrected chi connectivity index (χ2v) is 5.48. The lowest BCUT2D eigenvalue weighted by Crippen LogP contribution is -2.19. The van der Waals surface area contributed by atoms with Crippen molar-refractivity contribution in [3.8, 4) is 0 Å². The Hall–Kier alpha value is -1.63. The summed E-state index contributed by atoms with van der Waals surface area (Å²) in [5.74, 6) is 0.504. The number of hydrogen-bond donors (Lipinski definition) is 1. The molecule has 0 aliphatic heterocycles. The van der Waals surface area contributed by atoms with Crippen molar-refractivity contribution in [3.05, 3.63) is 51.7 Å². The quantitative estimate of drug-likeness (QED) is 0.849. The average Bonchev–Trinajstić information content (AvgIpc) is 2.38. The summed E-state index contributed by atoms with van der Waals surface area (Å²) in [6.45, 7) is 0. The molecule has 2 aromatic rings. The first-order chi connectivity index (χ1) is 9.08. The van der Waals surface area contributed by atoms with Crippen LogP contribution >= 0.6 is 22.6 Å². The summed E-state index contributed by atoms with van der Waals surface area (Å²) >= 11 is 2.21. The molecule has 1 N–H and O–H groups in total. The van der Waals surface area contributed by atoms with Gasteiger partial charge in [0.2, 0.25) is 0 Å². The van der Waals surface area contributed by atoms with Crippen LogP contribution in [0.4, 0.5) is 11.5 Å². The summed E-state index contributed by atoms with van der Waals surface area (Å²) in [6, 6.07) is 11.2. The van der Waals surface area contributed by atoms with Gasteiger partial charge in [-0.3, -0.25) is 4.79 Å².